The maximum Gasteiger partial charge on any atom is 0 e. The summed E-state index contributed by atoms with van der Waals surface area (Å²) >= 11 is 0. The van der Waals surface area contributed by atoms with Gasteiger partial charge in [-0.2, -0.15) is 0 Å². The molecular weight excluding hydrogens is 198 g/mol. The standard InChI is InChI=1S/Fe.Mn.Ni.Si. The van der Waals surface area contributed by atoms with E-state index in [1.807, 2.05) is 0 Å². The molecule has 0 nitrogen and oxygen atoms in total. The van der Waals surface area contributed by atoms with Gasteiger partial charge in [-0.1, -0.05) is 0 Å². The Morgan fingerprint density at radius 3 is 1.00 bits per heavy atom. The van der Waals surface area contributed by atoms with E-state index < -0.39 is 0 Å². The van der Waals surface area contributed by atoms with Crippen LogP contribution in [0.2, 0.25) is 0 Å². The Kier molecular flexibility index (Phi) is 231. The van der Waals surface area contributed by atoms with Crippen LogP contribution in [0.15, 0.2) is 0 Å². The molecule has 0 spiro atoms. The van der Waals surface area contributed by atoms with Crippen LogP contribution >= 0.6 is 0 Å². The van der Waals surface area contributed by atoms with Gasteiger partial charge in [-0.3, -0.25) is 0 Å². The molecule has 0 bridgehead atoms. The van der Waals surface area contributed by atoms with E-state index in [-0.39, 0.29) is 61.6 Å². The monoisotopic (exact) mass is 197 g/mol. The van der Waals surface area contributed by atoms with Gasteiger partial charge < -0.3 is 0 Å². The van der Waals surface area contributed by atoms with Gasteiger partial charge in [-0.15, -0.1) is 0 Å². The Morgan fingerprint density at radius 1 is 1.00 bits per heavy atom. The van der Waals surface area contributed by atoms with Crippen LogP contribution in [0.3, 0.4) is 0 Å². The van der Waals surface area contributed by atoms with Crippen LogP contribution < -0.4 is 0 Å². The van der Waals surface area contributed by atoms with Gasteiger partial charge in [-0.05, 0) is 0 Å². The first kappa shape index (κ1) is 42.4. The Balaban J connectivity index is 0. The second-order valence-electron chi connectivity index (χ2n) is 0. The second kappa shape index (κ2) is 21.8. The Morgan fingerprint density at radius 2 is 1.00 bits per heavy atom. The zero-order valence-corrected chi connectivity index (χ0v) is 5.82. The molecule has 0 unspecified atom stereocenters. The quantitative estimate of drug-likeness (QED) is 0.464. The van der Waals surface area contributed by atoms with Gasteiger partial charge in [0, 0.05) is 61.6 Å². The van der Waals surface area contributed by atoms with Crippen molar-refractivity contribution in [2.24, 2.45) is 0 Å². The van der Waals surface area contributed by atoms with Crippen molar-refractivity contribution in [2.75, 3.05) is 0 Å². The fraction of sp³-hybridized carbons (Fsp3) is 0. The van der Waals surface area contributed by atoms with E-state index in [0.29, 0.717) is 0 Å². The summed E-state index contributed by atoms with van der Waals surface area (Å²) < 4.78 is 0. The molecule has 4 heavy (non-hydrogen) atoms. The van der Waals surface area contributed by atoms with Crippen molar-refractivity contribution in [3.05, 3.63) is 0 Å². The average molecular weight is 198 g/mol. The average Bonchev–Trinajstić information content (AvgIpc) is 0. The van der Waals surface area contributed by atoms with E-state index in [0.717, 1.165) is 0 Å². The first-order valence-electron chi connectivity index (χ1n) is 0. The second-order valence-corrected chi connectivity index (χ2v) is 0. The van der Waals surface area contributed by atoms with Gasteiger partial charge in [0.05, 0.1) is 0 Å². The third-order valence-electron chi connectivity index (χ3n) is 0. The summed E-state index contributed by atoms with van der Waals surface area (Å²) in [5.41, 5.74) is 0. The molecule has 0 fully saturated rings. The summed E-state index contributed by atoms with van der Waals surface area (Å²) in [6.07, 6.45) is 0. The van der Waals surface area contributed by atoms with E-state index in [9.17, 15) is 0 Å². The maximum atomic E-state index is 0. The summed E-state index contributed by atoms with van der Waals surface area (Å²) in [5.74, 6) is 0. The molecule has 0 heterocycles. The van der Waals surface area contributed by atoms with Crippen molar-refractivity contribution in [1.82, 2.24) is 0 Å². The zero-order chi connectivity index (χ0) is 0. The van der Waals surface area contributed by atoms with E-state index >= 15 is 0 Å². The van der Waals surface area contributed by atoms with Crippen LogP contribution in [0.1, 0.15) is 0 Å². The van der Waals surface area contributed by atoms with Crippen LogP contribution in [0.25, 0.3) is 0 Å². The largest absolute Gasteiger partial charge is 0 e. The summed E-state index contributed by atoms with van der Waals surface area (Å²) in [6.45, 7) is 0. The molecule has 29 valence electrons. The smallest absolute Gasteiger partial charge is 0 e. The third-order valence-corrected chi connectivity index (χ3v) is 0. The van der Waals surface area contributed by atoms with E-state index in [1.165, 1.54) is 0 Å². The molecule has 0 aliphatic heterocycles. The predicted octanol–water partition coefficient (Wildman–Crippen LogP) is -0.388. The van der Waals surface area contributed by atoms with Crippen LogP contribution in [0, 0.1) is 0 Å². The molecule has 0 N–H and O–H groups in total. The normalized spacial score (nSPS) is 0. The van der Waals surface area contributed by atoms with Crippen LogP contribution in [0.5, 0.6) is 0 Å². The first-order valence-corrected chi connectivity index (χ1v) is 0. The fourth-order valence-corrected chi connectivity index (χ4v) is 0. The molecule has 0 aromatic rings. The van der Waals surface area contributed by atoms with Gasteiger partial charge in [-0.25, -0.2) is 0 Å². The van der Waals surface area contributed by atoms with Crippen LogP contribution in [0.4, 0.5) is 0 Å². The molecule has 0 aliphatic carbocycles. The van der Waals surface area contributed by atoms with Crippen molar-refractivity contribution < 1.29 is 50.6 Å². The number of rotatable bonds is 0. The Hall–Kier alpha value is 1.75. The van der Waals surface area contributed by atoms with Crippen molar-refractivity contribution in [3.8, 4) is 0 Å². The molecule has 0 saturated carbocycles. The van der Waals surface area contributed by atoms with E-state index in [1.54, 1.807) is 0 Å². The van der Waals surface area contributed by atoms with Gasteiger partial charge in [0.2, 0.25) is 0 Å². The van der Waals surface area contributed by atoms with Crippen molar-refractivity contribution in [1.29, 1.82) is 0 Å². The Bertz CT molecular complexity index is 8.00. The van der Waals surface area contributed by atoms with Crippen molar-refractivity contribution in [3.63, 3.8) is 0 Å². The van der Waals surface area contributed by atoms with E-state index in [2.05, 4.69) is 0 Å². The molecule has 0 aromatic heterocycles. The van der Waals surface area contributed by atoms with Gasteiger partial charge in [0.25, 0.3) is 0 Å². The zero-order valence-electron chi connectivity index (χ0n) is 1.55. The summed E-state index contributed by atoms with van der Waals surface area (Å²) in [6, 6.07) is 0. The minimum Gasteiger partial charge on any atom is 0 e. The van der Waals surface area contributed by atoms with Gasteiger partial charge >= 0.3 is 0 Å². The summed E-state index contributed by atoms with van der Waals surface area (Å²) in [4.78, 5) is 0. The van der Waals surface area contributed by atoms with Gasteiger partial charge in [0.15, 0.2) is 0 Å². The topological polar surface area (TPSA) is 0 Å². The minimum absolute atomic E-state index is 0. The van der Waals surface area contributed by atoms with Crippen LogP contribution in [-0.2, 0) is 50.6 Å². The molecule has 0 atom stereocenters. The van der Waals surface area contributed by atoms with Crippen molar-refractivity contribution >= 4 is 11.0 Å². The molecule has 0 aromatic carbocycles. The molecule has 4 heteroatoms. The Labute approximate surface area is 61.4 Å². The fourth-order valence-electron chi connectivity index (χ4n) is 0. The predicted molar refractivity (Wildman–Crippen MR) is 5.75 cm³/mol. The van der Waals surface area contributed by atoms with Gasteiger partial charge in [0.1, 0.15) is 0 Å². The number of hydrogen-bond donors (Lipinski definition) is 0. The van der Waals surface area contributed by atoms with Crippen molar-refractivity contribution in [2.45, 2.75) is 0 Å². The minimum atomic E-state index is 0. The van der Waals surface area contributed by atoms with Crippen LogP contribution in [-0.4, -0.2) is 11.0 Å². The first-order chi connectivity index (χ1) is 0. The number of hydrogen-bond acceptors (Lipinski definition) is 0. The molecular formula is FeMnNiSi. The molecule has 0 amide bonds. The summed E-state index contributed by atoms with van der Waals surface area (Å²) in [7, 11) is 0. The third kappa shape index (κ3) is 9.26. The molecule has 0 aliphatic rings. The summed E-state index contributed by atoms with van der Waals surface area (Å²) in [5, 5.41) is 0. The SMILES string of the molecule is [Fe].[Mn].[Ni].[Si]. The molecule has 5 radical (unpaired) electrons. The molecule has 0 saturated heterocycles. The van der Waals surface area contributed by atoms with E-state index in [4.69, 9.17) is 0 Å². The maximum absolute atomic E-state index is 0. The molecule has 0 rings (SSSR count).